The second kappa shape index (κ2) is 39.3. The quantitative estimate of drug-likeness (QED) is 0.0556. The number of aliphatic hydroxyl groups excluding tert-OH is 2. The number of hydrogen-bond donors (Lipinski definition) is 17. The number of hydrogen-bond acceptors (Lipinski definition) is 21. The summed E-state index contributed by atoms with van der Waals surface area (Å²) in [5, 5.41) is 57.4. The first-order chi connectivity index (χ1) is 47.2. The zero-order valence-corrected chi connectivity index (χ0v) is 61.5. The molecule has 0 radical (unpaired) electrons. The first-order valence-electron chi connectivity index (χ1n) is 34.2. The molecule has 35 nitrogen and oxygen atoms in total. The lowest BCUT2D eigenvalue weighted by atomic mass is 10.00. The third kappa shape index (κ3) is 33.1. The predicted molar refractivity (Wildman–Crippen MR) is 370 cm³/mol. The summed E-state index contributed by atoms with van der Waals surface area (Å²) < 4.78 is 21.3. The van der Waals surface area contributed by atoms with Crippen molar-refractivity contribution in [2.45, 2.75) is 263 Å². The third-order valence-electron chi connectivity index (χ3n) is 14.9. The van der Waals surface area contributed by atoms with Gasteiger partial charge in [0.15, 0.2) is 0 Å². The van der Waals surface area contributed by atoms with Gasteiger partial charge in [-0.3, -0.25) is 47.9 Å². The van der Waals surface area contributed by atoms with Gasteiger partial charge >= 0.3 is 24.4 Å². The molecule has 3 rings (SSSR count). The van der Waals surface area contributed by atoms with Crippen LogP contribution in [0.15, 0.2) is 30.3 Å². The topological polar surface area (TPSA) is 511 Å². The predicted octanol–water partition coefficient (Wildman–Crippen LogP) is -0.930. The van der Waals surface area contributed by atoms with Gasteiger partial charge in [0.05, 0.1) is 18.2 Å². The van der Waals surface area contributed by atoms with E-state index < -0.39 is 204 Å². The van der Waals surface area contributed by atoms with Crippen molar-refractivity contribution < 1.29 is 96.3 Å². The van der Waals surface area contributed by atoms with Crippen LogP contribution in [0.1, 0.15) is 168 Å². The van der Waals surface area contributed by atoms with Gasteiger partial charge in [0.25, 0.3) is 0 Å². The van der Waals surface area contributed by atoms with Crippen LogP contribution in [0.3, 0.4) is 0 Å². The van der Waals surface area contributed by atoms with Crippen LogP contribution < -0.4 is 80.2 Å². The first kappa shape index (κ1) is 87.1. The maximum Gasteiger partial charge on any atom is 0.407 e. The van der Waals surface area contributed by atoms with Crippen LogP contribution in [0.25, 0.3) is 0 Å². The molecule has 0 unspecified atom stereocenters. The molecule has 18 N–H and O–H groups in total. The van der Waals surface area contributed by atoms with Crippen molar-refractivity contribution in [1.82, 2.24) is 74.4 Å². The number of alkyl carbamates (subject to hydrolysis) is 4. The Bertz CT molecular complexity index is 3070. The molecule has 1 saturated carbocycles. The molecule has 1 aromatic carbocycles. The number of amides is 14. The lowest BCUT2D eigenvalue weighted by Crippen LogP contribution is -2.62. The molecule has 0 bridgehead atoms. The number of carbonyl (C=O) groups is 14. The summed E-state index contributed by atoms with van der Waals surface area (Å²) in [5.74, 6) is -10.6. The molecule has 2 aliphatic rings. The minimum atomic E-state index is -1.85. The maximum atomic E-state index is 15.0. The van der Waals surface area contributed by atoms with E-state index in [-0.39, 0.29) is 70.6 Å². The van der Waals surface area contributed by atoms with Crippen LogP contribution in [-0.4, -0.2) is 221 Å². The van der Waals surface area contributed by atoms with Crippen LogP contribution in [0.5, 0.6) is 0 Å². The van der Waals surface area contributed by atoms with Crippen LogP contribution >= 0.6 is 0 Å². The molecule has 1 aromatic rings. The number of carbonyl (C=O) groups excluding carboxylic acids is 14. The smallest absolute Gasteiger partial charge is 0.407 e. The molecule has 1 saturated heterocycles. The summed E-state index contributed by atoms with van der Waals surface area (Å²) in [5.41, 5.74) is 1.08. The van der Waals surface area contributed by atoms with Gasteiger partial charge in [0, 0.05) is 39.1 Å². The summed E-state index contributed by atoms with van der Waals surface area (Å²) in [6.45, 7) is 23.5. The van der Waals surface area contributed by atoms with E-state index in [0.29, 0.717) is 5.56 Å². The van der Waals surface area contributed by atoms with Crippen LogP contribution in [-0.2, 0) is 73.3 Å². The van der Waals surface area contributed by atoms with Crippen molar-refractivity contribution in [3.05, 3.63) is 35.9 Å². The molecule has 1 aliphatic heterocycles. The Kier molecular flexibility index (Phi) is 33.6. The van der Waals surface area contributed by atoms with Gasteiger partial charge < -0.3 is 109 Å². The fourth-order valence-electron chi connectivity index (χ4n) is 9.79. The van der Waals surface area contributed by atoms with E-state index in [1.54, 1.807) is 127 Å². The number of ether oxygens (including phenoxy) is 4. The van der Waals surface area contributed by atoms with E-state index in [2.05, 4.69) is 74.4 Å². The number of nitrogens with two attached hydrogens (primary N) is 1. The Hall–Kier alpha value is -9.12. The summed E-state index contributed by atoms with van der Waals surface area (Å²) in [6, 6.07) is -6.39. The molecule has 35 heteroatoms. The molecule has 2 fully saturated rings. The average Bonchev–Trinajstić information content (AvgIpc) is 1.62. The molecule has 102 heavy (non-hydrogen) atoms. The van der Waals surface area contributed by atoms with E-state index in [1.807, 2.05) is 0 Å². The second-order valence-electron chi connectivity index (χ2n) is 29.7. The van der Waals surface area contributed by atoms with Gasteiger partial charge in [-0.25, -0.2) is 19.2 Å². The average molecular weight is 1450 g/mol. The minimum Gasteiger partial charge on any atom is -0.444 e. The van der Waals surface area contributed by atoms with E-state index >= 15 is 0 Å². The van der Waals surface area contributed by atoms with E-state index in [4.69, 9.17) is 24.7 Å². The number of nitrogens with one attached hydrogen (secondary N) is 14. The number of aliphatic hydroxyl groups is 2. The van der Waals surface area contributed by atoms with E-state index in [0.717, 1.165) is 6.92 Å². The van der Waals surface area contributed by atoms with Gasteiger partial charge in [-0.2, -0.15) is 0 Å². The largest absolute Gasteiger partial charge is 0.444 e. The highest BCUT2D eigenvalue weighted by Crippen LogP contribution is 2.36. The molecular formula is C67H111N15O20. The summed E-state index contributed by atoms with van der Waals surface area (Å²) in [6.07, 6.45) is -9.13. The van der Waals surface area contributed by atoms with Crippen molar-refractivity contribution in [3.8, 4) is 0 Å². The normalized spacial score (nSPS) is 21.8. The molecule has 14 amide bonds. The number of benzene rings is 1. The Balaban J connectivity index is 2.24. The summed E-state index contributed by atoms with van der Waals surface area (Å²) in [4.78, 5) is 196. The number of rotatable bonds is 24. The van der Waals surface area contributed by atoms with Gasteiger partial charge in [-0.15, -0.1) is 0 Å². The fourth-order valence-corrected chi connectivity index (χ4v) is 9.79. The second-order valence-corrected chi connectivity index (χ2v) is 29.7. The SMILES string of the molecule is CC(C)C[C@@H]1NC(=O)[C@@H](Cc2ccccc2)NC(=O)[C@H](CCNC(=O)OC(C)(C)C)NC(=O)[C@@H](NC(=O)C2(NC(=O)[C@@H](NC(=O)[C@@H](N)CCNC(=O)OC(C)(C)C)[C@@H](C)O)CC2)CCNC(=O)[C@H]([C@@H](C)O)NC(=O)[C@H](CCNC(=O)OC(C)(C)C)NC(=O)[C@H](CCNC(=O)OC(C)(C)C)NC1=O. The fraction of sp³-hybridized carbons (Fsp3) is 0.701. The standard InChI is InChI=1S/C67H111N15O20/c1-36(2)34-45-54(90)76-41(24-31-71-60(96)100-64(8,9)10)50(86)75-43(26-33-73-62(98)102-66(14,15)16)53(89)81-47(37(3)83)56(92)69-30-23-44(79-58(94)67(27-28-67)82-57(93)48(38(4)84)80-49(85)40(68)22-29-70-59(95)99-63(5,6)7)52(88)74-42(25-32-72-61(97)101-65(11,12)13)51(87)78-46(55(91)77-45)35-39-20-18-17-19-21-39/h17-21,36-38,40-48,83-84H,22-35,68H2,1-16H3,(H,69,92)(H,70,95)(H,71,96)(H,72,97)(H,73,98)(H,74,88)(H,75,86)(H,76,90)(H,77,91)(H,78,87)(H,79,94)(H,80,85)(H,81,89)(H,82,93)/t37-,38-,40+,41+,42+,43+,44+,45+,46-,47+,48+/m1/s1. The van der Waals surface area contributed by atoms with E-state index in [1.165, 1.54) is 6.92 Å². The monoisotopic (exact) mass is 1450 g/mol. The van der Waals surface area contributed by atoms with Crippen molar-refractivity contribution in [1.29, 1.82) is 0 Å². The van der Waals surface area contributed by atoms with Crippen LogP contribution in [0.4, 0.5) is 19.2 Å². The summed E-state index contributed by atoms with van der Waals surface area (Å²) >= 11 is 0. The zero-order valence-electron chi connectivity index (χ0n) is 61.5. The zero-order chi connectivity index (χ0) is 77.3. The molecular weight excluding hydrogens is 1330 g/mol. The van der Waals surface area contributed by atoms with E-state index in [9.17, 15) is 77.3 Å². The Morgan fingerprint density at radius 2 is 0.922 bits per heavy atom. The van der Waals surface area contributed by atoms with Gasteiger partial charge in [0.2, 0.25) is 59.1 Å². The molecule has 0 aromatic heterocycles. The van der Waals surface area contributed by atoms with Gasteiger partial charge in [0.1, 0.15) is 76.3 Å². The Morgan fingerprint density at radius 3 is 1.33 bits per heavy atom. The van der Waals surface area contributed by atoms with Gasteiger partial charge in [-0.1, -0.05) is 44.2 Å². The molecule has 0 spiro atoms. The van der Waals surface area contributed by atoms with Crippen LogP contribution in [0.2, 0.25) is 0 Å². The molecule has 574 valence electrons. The van der Waals surface area contributed by atoms with Crippen molar-refractivity contribution >= 4 is 83.4 Å². The Labute approximate surface area is 595 Å². The Morgan fingerprint density at radius 1 is 0.529 bits per heavy atom. The third-order valence-corrected chi connectivity index (χ3v) is 14.9. The highest BCUT2D eigenvalue weighted by atomic mass is 16.6. The van der Waals surface area contributed by atoms with Gasteiger partial charge in [-0.05, 0) is 160 Å². The van der Waals surface area contributed by atoms with Crippen LogP contribution in [0, 0.1) is 5.92 Å². The lowest BCUT2D eigenvalue weighted by Gasteiger charge is -2.29. The van der Waals surface area contributed by atoms with Crippen molar-refractivity contribution in [2.75, 3.05) is 32.7 Å². The minimum absolute atomic E-state index is 0.0574. The van der Waals surface area contributed by atoms with Crippen molar-refractivity contribution in [2.24, 2.45) is 11.7 Å². The first-order valence-corrected chi connectivity index (χ1v) is 34.2. The molecule has 1 heterocycles. The lowest BCUT2D eigenvalue weighted by molar-refractivity contribution is -0.137. The highest BCUT2D eigenvalue weighted by molar-refractivity contribution is 6.01. The molecule has 1 aliphatic carbocycles. The summed E-state index contributed by atoms with van der Waals surface area (Å²) in [7, 11) is 0. The molecule has 11 atom stereocenters. The maximum absolute atomic E-state index is 15.0. The van der Waals surface area contributed by atoms with Crippen molar-refractivity contribution in [3.63, 3.8) is 0 Å². The highest BCUT2D eigenvalue weighted by Gasteiger charge is 2.53.